The van der Waals surface area contributed by atoms with Crippen LogP contribution in [0.5, 0.6) is 5.75 Å². The van der Waals surface area contributed by atoms with Gasteiger partial charge in [0.05, 0.1) is 36.4 Å². The van der Waals surface area contributed by atoms with E-state index in [-0.39, 0.29) is 50.0 Å². The molecule has 0 aromatic heterocycles. The highest BCUT2D eigenvalue weighted by Crippen LogP contribution is 2.40. The van der Waals surface area contributed by atoms with Crippen LogP contribution in [0.1, 0.15) is 119 Å². The number of unbranched alkanes of at least 4 members (excludes halogenated alkanes) is 3. The first-order chi connectivity index (χ1) is 26.4. The highest BCUT2D eigenvalue weighted by molar-refractivity contribution is 5.66. The van der Waals surface area contributed by atoms with Crippen LogP contribution in [0, 0.1) is 17.8 Å². The number of β-amino-alcohol motifs (C(OH)–C–C–N with tert-alkyl or cyclic N) is 1. The molecular weight excluding hydrogens is 698 g/mol. The molecule has 302 valence electrons. The van der Waals surface area contributed by atoms with Crippen molar-refractivity contribution in [2.75, 3.05) is 19.8 Å². The molecule has 9 N–H and O–H groups in total. The maximum absolute atomic E-state index is 12.4. The van der Waals surface area contributed by atoms with Gasteiger partial charge in [-0.3, -0.25) is 4.79 Å². The second-order valence-electron chi connectivity index (χ2n) is 15.7. The predicted octanol–water partition coefficient (Wildman–Crippen LogP) is 5.02. The normalized spacial score (nSPS) is 26.1. The number of carbonyl (C=O) groups is 1. The van der Waals surface area contributed by atoms with Gasteiger partial charge in [0, 0.05) is 31.5 Å². The van der Waals surface area contributed by atoms with E-state index in [4.69, 9.17) is 0 Å². The van der Waals surface area contributed by atoms with Gasteiger partial charge in [-0.15, -0.1) is 0 Å². The highest BCUT2D eigenvalue weighted by atomic mass is 16.4. The lowest BCUT2D eigenvalue weighted by Crippen LogP contribution is -2.50. The minimum absolute atomic E-state index is 0.0544. The van der Waals surface area contributed by atoms with Crippen molar-refractivity contribution in [3.05, 3.63) is 88.0 Å². The van der Waals surface area contributed by atoms with Gasteiger partial charge < -0.3 is 46.2 Å². The summed E-state index contributed by atoms with van der Waals surface area (Å²) < 4.78 is 0. The van der Waals surface area contributed by atoms with Crippen molar-refractivity contribution >= 4 is 5.97 Å². The van der Waals surface area contributed by atoms with Gasteiger partial charge in [0.1, 0.15) is 5.75 Å². The lowest BCUT2D eigenvalue weighted by molar-refractivity contribution is -0.137. The number of carboxylic acids is 1. The average molecular weight is 762 g/mol. The molecule has 2 bridgehead atoms. The Morgan fingerprint density at radius 1 is 1.02 bits per heavy atom. The molecule has 1 aliphatic carbocycles. The quantitative estimate of drug-likeness (QED) is 0.0737. The van der Waals surface area contributed by atoms with Gasteiger partial charge in [0.15, 0.2) is 0 Å². The fraction of sp³-hybridized carbons (Fsp3) is 0.578. The Hall–Kier alpha value is -3.53. The first-order valence-electron chi connectivity index (χ1n) is 20.1. The fourth-order valence-corrected chi connectivity index (χ4v) is 8.23. The molecule has 0 fully saturated rings. The van der Waals surface area contributed by atoms with Crippen molar-refractivity contribution < 1.29 is 45.6 Å². The van der Waals surface area contributed by atoms with E-state index in [9.17, 15) is 45.6 Å². The van der Waals surface area contributed by atoms with E-state index in [2.05, 4.69) is 29.3 Å². The number of benzene rings is 2. The molecule has 2 aromatic rings. The number of carboxylic acid groups (broad SMARTS) is 1. The number of aryl methyl sites for hydroxylation is 1. The SMILES string of the molecule is CCCC[C@H](O)[C@H](O)/C=C/C1=C(\C[C@H](O)CO)[C@H]2NC[C@@](C)(O)[C@H](c3ccc(O)cc3CCO)C#C[C@H](C[C@@H]2CCCCCC(=O)O)c2ccccc2CC1. The maximum Gasteiger partial charge on any atom is 0.303 e. The number of aliphatic hydroxyl groups is 6. The topological polar surface area (TPSA) is 191 Å². The molecule has 2 aliphatic rings. The molecule has 4 rings (SSSR count). The van der Waals surface area contributed by atoms with Crippen LogP contribution in [0.3, 0.4) is 0 Å². The molecule has 8 atom stereocenters. The summed E-state index contributed by atoms with van der Waals surface area (Å²) in [4.78, 5) is 11.3. The zero-order valence-corrected chi connectivity index (χ0v) is 32.5. The summed E-state index contributed by atoms with van der Waals surface area (Å²) in [5, 5.41) is 88.7. The molecule has 10 nitrogen and oxygen atoms in total. The average Bonchev–Trinajstić information content (AvgIpc) is 3.15. The molecule has 55 heavy (non-hydrogen) atoms. The molecular formula is C45H63NO9. The highest BCUT2D eigenvalue weighted by Gasteiger charge is 2.38. The number of fused-ring (bicyclic) bond motifs is 5. The zero-order valence-electron chi connectivity index (χ0n) is 32.5. The van der Waals surface area contributed by atoms with E-state index >= 15 is 0 Å². The van der Waals surface area contributed by atoms with Crippen molar-refractivity contribution in [1.82, 2.24) is 5.32 Å². The third-order valence-electron chi connectivity index (χ3n) is 11.3. The van der Waals surface area contributed by atoms with Gasteiger partial charge in [0.2, 0.25) is 0 Å². The fourth-order valence-electron chi connectivity index (χ4n) is 8.23. The summed E-state index contributed by atoms with van der Waals surface area (Å²) in [7, 11) is 0. The molecule has 0 radical (unpaired) electrons. The van der Waals surface area contributed by atoms with Crippen LogP contribution in [0.4, 0.5) is 0 Å². The minimum atomic E-state index is -1.46. The molecule has 0 amide bonds. The summed E-state index contributed by atoms with van der Waals surface area (Å²) in [5.74, 6) is 5.26. The molecule has 0 saturated heterocycles. The number of aromatic hydroxyl groups is 1. The number of allylic oxidation sites excluding steroid dienone is 2. The molecule has 1 aliphatic heterocycles. The number of hydrogen-bond acceptors (Lipinski definition) is 9. The minimum Gasteiger partial charge on any atom is -0.508 e. The van der Waals surface area contributed by atoms with E-state index in [1.807, 2.05) is 25.1 Å². The van der Waals surface area contributed by atoms with Crippen LogP contribution >= 0.6 is 0 Å². The Morgan fingerprint density at radius 2 is 1.80 bits per heavy atom. The monoisotopic (exact) mass is 761 g/mol. The number of aliphatic carboxylic acids is 1. The summed E-state index contributed by atoms with van der Waals surface area (Å²) in [6, 6.07) is 12.7. The number of phenolic OH excluding ortho intramolecular Hbond substituents is 1. The van der Waals surface area contributed by atoms with Gasteiger partial charge in [-0.25, -0.2) is 0 Å². The lowest BCUT2D eigenvalue weighted by atomic mass is 9.73. The van der Waals surface area contributed by atoms with E-state index in [1.165, 1.54) is 0 Å². The Labute approximate surface area is 326 Å². The van der Waals surface area contributed by atoms with E-state index in [0.29, 0.717) is 56.1 Å². The van der Waals surface area contributed by atoms with Crippen LogP contribution in [0.15, 0.2) is 65.8 Å². The Morgan fingerprint density at radius 3 is 2.53 bits per heavy atom. The number of hydrogen-bond donors (Lipinski definition) is 9. The second kappa shape index (κ2) is 21.7. The molecule has 10 heteroatoms. The summed E-state index contributed by atoms with van der Waals surface area (Å²) in [6.45, 7) is 3.23. The van der Waals surface area contributed by atoms with Crippen LogP contribution < -0.4 is 5.32 Å². The smallest absolute Gasteiger partial charge is 0.303 e. The van der Waals surface area contributed by atoms with Gasteiger partial charge in [-0.05, 0) is 110 Å². The van der Waals surface area contributed by atoms with Gasteiger partial charge >= 0.3 is 5.97 Å². The Kier molecular flexibility index (Phi) is 17.4. The van der Waals surface area contributed by atoms with Crippen molar-refractivity contribution in [3.63, 3.8) is 0 Å². The van der Waals surface area contributed by atoms with Gasteiger partial charge in [-0.1, -0.05) is 86.9 Å². The predicted molar refractivity (Wildman–Crippen MR) is 214 cm³/mol. The van der Waals surface area contributed by atoms with E-state index in [0.717, 1.165) is 41.5 Å². The largest absolute Gasteiger partial charge is 0.508 e. The van der Waals surface area contributed by atoms with E-state index < -0.39 is 48.4 Å². The van der Waals surface area contributed by atoms with E-state index in [1.54, 1.807) is 31.2 Å². The number of rotatable bonds is 18. The molecule has 0 saturated carbocycles. The summed E-state index contributed by atoms with van der Waals surface area (Å²) >= 11 is 0. The zero-order chi connectivity index (χ0) is 40.0. The van der Waals surface area contributed by atoms with Crippen LogP contribution in [0.2, 0.25) is 0 Å². The Bertz CT molecular complexity index is 1660. The second-order valence-corrected chi connectivity index (χ2v) is 15.7. The number of aliphatic hydroxyl groups excluding tert-OH is 5. The van der Waals surface area contributed by atoms with Crippen molar-refractivity contribution in [2.45, 2.75) is 139 Å². The van der Waals surface area contributed by atoms with Crippen LogP contribution in [-0.2, 0) is 17.6 Å². The van der Waals surface area contributed by atoms with Crippen LogP contribution in [0.25, 0.3) is 0 Å². The molecule has 2 aromatic carbocycles. The molecule has 0 spiro atoms. The Balaban J connectivity index is 1.95. The van der Waals surface area contributed by atoms with Crippen LogP contribution in [-0.4, -0.2) is 96.5 Å². The summed E-state index contributed by atoms with van der Waals surface area (Å²) in [6.07, 6.45) is 7.45. The third kappa shape index (κ3) is 12.7. The standard InChI is InChI=1S/C45H63NO9/c1-3-4-13-41(51)42(52)22-18-31-16-15-30-10-8-9-12-37(30)32-17-21-40(38-20-19-35(49)26-33(38)23-24-47)45(2,55)29-46-44(39(31)27-36(50)28-48)34(25-32)11-6-5-7-14-43(53)54/h8-10,12,18-20,22,26,32,34,36,40-42,44,46-52,55H,3-7,11,13-16,23-25,27-29H2,1-2H3,(H,53,54)/b22-18+,39-31+/t32-,34+,36+,40+,41+,42-,44+,45-/m1/s1. The summed E-state index contributed by atoms with van der Waals surface area (Å²) in [5.41, 5.74) is 3.81. The number of phenols is 1. The first-order valence-corrected chi connectivity index (χ1v) is 20.1. The van der Waals surface area contributed by atoms with Gasteiger partial charge in [0.25, 0.3) is 0 Å². The van der Waals surface area contributed by atoms with Crippen molar-refractivity contribution in [3.8, 4) is 17.6 Å². The first kappa shape index (κ1) is 44.2. The van der Waals surface area contributed by atoms with Crippen molar-refractivity contribution in [2.24, 2.45) is 5.92 Å². The lowest BCUT2D eigenvalue weighted by Gasteiger charge is -2.40. The molecule has 1 heterocycles. The maximum atomic E-state index is 12.4. The number of nitrogens with one attached hydrogen (secondary N) is 1. The molecule has 0 unspecified atom stereocenters. The van der Waals surface area contributed by atoms with Crippen molar-refractivity contribution in [1.29, 1.82) is 0 Å². The van der Waals surface area contributed by atoms with Gasteiger partial charge in [-0.2, -0.15) is 0 Å². The third-order valence-corrected chi connectivity index (χ3v) is 11.3.